The van der Waals surface area contributed by atoms with E-state index in [1.54, 1.807) is 0 Å². The molecule has 78 valence electrons. The number of aromatic nitrogens is 1. The zero-order chi connectivity index (χ0) is 10.6. The fraction of sp³-hybridized carbons (Fsp3) is 0.333. The maximum atomic E-state index is 10.2. The van der Waals surface area contributed by atoms with Gasteiger partial charge in [0.1, 0.15) is 5.75 Å². The highest BCUT2D eigenvalue weighted by atomic mass is 16.3. The van der Waals surface area contributed by atoms with Crippen LogP contribution in [0.2, 0.25) is 0 Å². The van der Waals surface area contributed by atoms with E-state index in [0.29, 0.717) is 5.75 Å². The van der Waals surface area contributed by atoms with Gasteiger partial charge in [0.25, 0.3) is 0 Å². The third kappa shape index (κ3) is 1.10. The molecule has 3 heteroatoms. The molecule has 0 atom stereocenters. The van der Waals surface area contributed by atoms with Gasteiger partial charge >= 0.3 is 0 Å². The summed E-state index contributed by atoms with van der Waals surface area (Å²) in [6.45, 7) is 1.98. The van der Waals surface area contributed by atoms with Gasteiger partial charge in [0.15, 0.2) is 0 Å². The molecular formula is C12H14N2O. The summed E-state index contributed by atoms with van der Waals surface area (Å²) in [6.07, 6.45) is 3.84. The minimum atomic E-state index is -0.276. The lowest BCUT2D eigenvalue weighted by Gasteiger charge is -2.12. The number of benzene rings is 1. The van der Waals surface area contributed by atoms with Crippen molar-refractivity contribution in [3.63, 3.8) is 0 Å². The lowest BCUT2D eigenvalue weighted by Crippen LogP contribution is -2.18. The number of fused-ring (bicyclic) bond motifs is 1. The van der Waals surface area contributed by atoms with Gasteiger partial charge in [-0.1, -0.05) is 6.07 Å². The van der Waals surface area contributed by atoms with E-state index in [-0.39, 0.29) is 5.54 Å². The van der Waals surface area contributed by atoms with Gasteiger partial charge in [0, 0.05) is 28.2 Å². The number of phenolic OH excluding ortho intramolecular Hbond substituents is 1. The third-order valence-corrected chi connectivity index (χ3v) is 3.34. The van der Waals surface area contributed by atoms with Crippen LogP contribution in [0.5, 0.6) is 5.75 Å². The predicted molar refractivity (Wildman–Crippen MR) is 59.8 cm³/mol. The number of aromatic amines is 1. The minimum absolute atomic E-state index is 0.276. The van der Waals surface area contributed by atoms with Crippen LogP contribution in [0, 0.1) is 6.92 Å². The average Bonchev–Trinajstić information content (AvgIpc) is 2.82. The van der Waals surface area contributed by atoms with Crippen LogP contribution in [-0.4, -0.2) is 10.1 Å². The zero-order valence-electron chi connectivity index (χ0n) is 8.67. The third-order valence-electron chi connectivity index (χ3n) is 3.34. The summed E-state index contributed by atoms with van der Waals surface area (Å²) >= 11 is 0. The summed E-state index contributed by atoms with van der Waals surface area (Å²) in [5.74, 6) is 0.353. The molecule has 1 fully saturated rings. The zero-order valence-corrected chi connectivity index (χ0v) is 8.67. The van der Waals surface area contributed by atoms with Crippen LogP contribution in [-0.2, 0) is 5.54 Å². The Labute approximate surface area is 87.9 Å². The highest BCUT2D eigenvalue weighted by Gasteiger charge is 2.42. The molecule has 4 N–H and O–H groups in total. The molecule has 0 bridgehead atoms. The van der Waals surface area contributed by atoms with Gasteiger partial charge in [-0.05, 0) is 31.4 Å². The SMILES string of the molecule is Cc1c[nH]c2ccc(C3(N)CC3)c(O)c12. The number of hydrogen-bond donors (Lipinski definition) is 3. The molecule has 15 heavy (non-hydrogen) atoms. The maximum Gasteiger partial charge on any atom is 0.130 e. The van der Waals surface area contributed by atoms with E-state index in [2.05, 4.69) is 4.98 Å². The van der Waals surface area contributed by atoms with E-state index < -0.39 is 0 Å². The molecule has 0 radical (unpaired) electrons. The fourth-order valence-corrected chi connectivity index (χ4v) is 2.17. The van der Waals surface area contributed by atoms with Crippen molar-refractivity contribution < 1.29 is 5.11 Å². The summed E-state index contributed by atoms with van der Waals surface area (Å²) in [5.41, 5.74) is 8.75. The van der Waals surface area contributed by atoms with Crippen molar-refractivity contribution in [1.29, 1.82) is 0 Å². The molecule has 0 unspecified atom stereocenters. The topological polar surface area (TPSA) is 62.0 Å². The Morgan fingerprint density at radius 3 is 2.80 bits per heavy atom. The van der Waals surface area contributed by atoms with Gasteiger partial charge < -0.3 is 15.8 Å². The van der Waals surface area contributed by atoms with Gasteiger partial charge in [0.2, 0.25) is 0 Å². The van der Waals surface area contributed by atoms with Crippen molar-refractivity contribution in [2.45, 2.75) is 25.3 Å². The second-order valence-corrected chi connectivity index (χ2v) is 4.51. The molecule has 1 aromatic heterocycles. The van der Waals surface area contributed by atoms with E-state index in [1.165, 1.54) is 0 Å². The van der Waals surface area contributed by atoms with Gasteiger partial charge in [0.05, 0.1) is 0 Å². The van der Waals surface area contributed by atoms with Crippen molar-refractivity contribution in [1.82, 2.24) is 4.98 Å². The Balaban J connectivity index is 2.33. The monoisotopic (exact) mass is 202 g/mol. The molecule has 1 aliphatic carbocycles. The Bertz CT molecular complexity index is 538. The summed E-state index contributed by atoms with van der Waals surface area (Å²) < 4.78 is 0. The Morgan fingerprint density at radius 2 is 2.13 bits per heavy atom. The number of H-pyrrole nitrogens is 1. The van der Waals surface area contributed by atoms with Crippen LogP contribution in [0.4, 0.5) is 0 Å². The van der Waals surface area contributed by atoms with Crippen molar-refractivity contribution in [3.05, 3.63) is 29.5 Å². The van der Waals surface area contributed by atoms with Gasteiger partial charge in [-0.15, -0.1) is 0 Å². The summed E-state index contributed by atoms with van der Waals surface area (Å²) in [7, 11) is 0. The second kappa shape index (κ2) is 2.55. The first-order valence-corrected chi connectivity index (χ1v) is 5.21. The largest absolute Gasteiger partial charge is 0.507 e. The van der Waals surface area contributed by atoms with Gasteiger partial charge in [-0.2, -0.15) is 0 Å². The summed E-state index contributed by atoms with van der Waals surface area (Å²) in [5, 5.41) is 11.1. The van der Waals surface area contributed by atoms with E-state index in [4.69, 9.17) is 5.73 Å². The Morgan fingerprint density at radius 1 is 1.40 bits per heavy atom. The fourth-order valence-electron chi connectivity index (χ4n) is 2.17. The Hall–Kier alpha value is -1.48. The first-order chi connectivity index (χ1) is 7.12. The van der Waals surface area contributed by atoms with E-state index in [9.17, 15) is 5.11 Å². The molecule has 0 saturated heterocycles. The smallest absolute Gasteiger partial charge is 0.130 e. The molecule has 2 aromatic rings. The highest BCUT2D eigenvalue weighted by Crippen LogP contribution is 2.48. The number of aryl methyl sites for hydroxylation is 1. The van der Waals surface area contributed by atoms with Crippen LogP contribution in [0.15, 0.2) is 18.3 Å². The lowest BCUT2D eigenvalue weighted by atomic mass is 10.0. The normalized spacial score (nSPS) is 18.3. The van der Waals surface area contributed by atoms with Crippen molar-refractivity contribution in [2.75, 3.05) is 0 Å². The molecule has 0 spiro atoms. The molecule has 1 heterocycles. The molecule has 0 aliphatic heterocycles. The number of rotatable bonds is 1. The first-order valence-electron chi connectivity index (χ1n) is 5.21. The van der Waals surface area contributed by atoms with Crippen molar-refractivity contribution in [3.8, 4) is 5.75 Å². The number of nitrogens with one attached hydrogen (secondary N) is 1. The van der Waals surface area contributed by atoms with E-state index in [0.717, 1.165) is 34.9 Å². The van der Waals surface area contributed by atoms with E-state index in [1.807, 2.05) is 25.3 Å². The van der Waals surface area contributed by atoms with Crippen LogP contribution in [0.25, 0.3) is 10.9 Å². The molecule has 1 aromatic carbocycles. The predicted octanol–water partition coefficient (Wildman–Crippen LogP) is 2.13. The molecule has 3 rings (SSSR count). The Kier molecular flexibility index (Phi) is 1.50. The number of phenols is 1. The second-order valence-electron chi connectivity index (χ2n) is 4.51. The van der Waals surface area contributed by atoms with Crippen LogP contribution < -0.4 is 5.73 Å². The number of aromatic hydroxyl groups is 1. The average molecular weight is 202 g/mol. The highest BCUT2D eigenvalue weighted by molar-refractivity contribution is 5.90. The van der Waals surface area contributed by atoms with Gasteiger partial charge in [-0.3, -0.25) is 0 Å². The van der Waals surface area contributed by atoms with Crippen LogP contribution >= 0.6 is 0 Å². The molecule has 0 amide bonds. The standard InChI is InChI=1S/C12H14N2O/c1-7-6-14-9-3-2-8(11(15)10(7)9)12(13)4-5-12/h2-3,6,14-15H,4-5,13H2,1H3. The van der Waals surface area contributed by atoms with Crippen LogP contribution in [0.3, 0.4) is 0 Å². The van der Waals surface area contributed by atoms with E-state index >= 15 is 0 Å². The minimum Gasteiger partial charge on any atom is -0.507 e. The number of nitrogens with two attached hydrogens (primary N) is 1. The van der Waals surface area contributed by atoms with Crippen LogP contribution in [0.1, 0.15) is 24.0 Å². The molecule has 1 aliphatic rings. The maximum absolute atomic E-state index is 10.2. The lowest BCUT2D eigenvalue weighted by molar-refractivity contribution is 0.466. The molecular weight excluding hydrogens is 188 g/mol. The van der Waals surface area contributed by atoms with Gasteiger partial charge in [-0.25, -0.2) is 0 Å². The number of hydrogen-bond acceptors (Lipinski definition) is 2. The quantitative estimate of drug-likeness (QED) is 0.663. The first kappa shape index (κ1) is 8.80. The summed E-state index contributed by atoms with van der Waals surface area (Å²) in [6, 6.07) is 3.92. The summed E-state index contributed by atoms with van der Waals surface area (Å²) in [4.78, 5) is 3.13. The van der Waals surface area contributed by atoms with Crippen molar-refractivity contribution in [2.24, 2.45) is 5.73 Å². The molecule has 1 saturated carbocycles. The van der Waals surface area contributed by atoms with Crippen molar-refractivity contribution >= 4 is 10.9 Å². The molecule has 3 nitrogen and oxygen atoms in total.